The first-order valence-electron chi connectivity index (χ1n) is 6.87. The van der Waals surface area contributed by atoms with E-state index in [0.29, 0.717) is 5.02 Å². The minimum atomic E-state index is 0. The van der Waals surface area contributed by atoms with Crippen LogP contribution in [0.1, 0.15) is 44.2 Å². The van der Waals surface area contributed by atoms with Crippen LogP contribution in [0.3, 0.4) is 0 Å². The van der Waals surface area contributed by atoms with Crippen LogP contribution in [-0.2, 0) is 4.79 Å². The molecule has 1 saturated carbocycles. The minimum absolute atomic E-state index is 0. The lowest BCUT2D eigenvalue weighted by molar-refractivity contribution is -0.126. The first-order chi connectivity index (χ1) is 9.06. The van der Waals surface area contributed by atoms with Gasteiger partial charge >= 0.3 is 0 Å². The Morgan fingerprint density at radius 3 is 2.60 bits per heavy atom. The maximum Gasteiger partial charge on any atom is 0.223 e. The summed E-state index contributed by atoms with van der Waals surface area (Å²) in [6.07, 6.45) is 3.84. The molecule has 0 heterocycles. The number of hydrogen-bond donors (Lipinski definition) is 2. The van der Waals surface area contributed by atoms with Crippen LogP contribution >= 0.6 is 24.0 Å². The van der Waals surface area contributed by atoms with E-state index in [2.05, 4.69) is 5.32 Å². The third-order valence-corrected chi connectivity index (χ3v) is 4.07. The number of hydrogen-bond acceptors (Lipinski definition) is 2. The van der Waals surface area contributed by atoms with Crippen LogP contribution in [0.5, 0.6) is 0 Å². The summed E-state index contributed by atoms with van der Waals surface area (Å²) in [5.41, 5.74) is 6.99. The van der Waals surface area contributed by atoms with Gasteiger partial charge in [-0.25, -0.2) is 0 Å². The molecular weight excluding hydrogens is 295 g/mol. The van der Waals surface area contributed by atoms with Gasteiger partial charge in [-0.05, 0) is 43.9 Å². The molecule has 0 bridgehead atoms. The lowest BCUT2D eigenvalue weighted by atomic mass is 9.85. The molecule has 0 saturated heterocycles. The van der Waals surface area contributed by atoms with Gasteiger partial charge in [0.1, 0.15) is 0 Å². The van der Waals surface area contributed by atoms with Crippen LogP contribution in [-0.4, -0.2) is 11.9 Å². The summed E-state index contributed by atoms with van der Waals surface area (Å²) in [6.45, 7) is 1.99. The number of halogens is 2. The average Bonchev–Trinajstić information content (AvgIpc) is 2.39. The number of benzene rings is 1. The Morgan fingerprint density at radius 2 is 2.00 bits per heavy atom. The topological polar surface area (TPSA) is 55.1 Å². The highest BCUT2D eigenvalue weighted by Crippen LogP contribution is 2.24. The van der Waals surface area contributed by atoms with Crippen molar-refractivity contribution in [3.8, 4) is 0 Å². The molecule has 0 aromatic heterocycles. The molecule has 0 aliphatic heterocycles. The molecule has 1 amide bonds. The monoisotopic (exact) mass is 316 g/mol. The molecule has 1 aliphatic rings. The predicted octanol–water partition coefficient (Wildman–Crippen LogP) is 3.46. The van der Waals surface area contributed by atoms with Gasteiger partial charge in [-0.1, -0.05) is 30.2 Å². The highest BCUT2D eigenvalue weighted by atomic mass is 35.5. The third-order valence-electron chi connectivity index (χ3n) is 3.81. The lowest BCUT2D eigenvalue weighted by Crippen LogP contribution is -2.38. The van der Waals surface area contributed by atoms with Crippen LogP contribution in [0.4, 0.5) is 0 Å². The molecule has 3 N–H and O–H groups in total. The van der Waals surface area contributed by atoms with Crippen LogP contribution in [0.15, 0.2) is 24.3 Å². The van der Waals surface area contributed by atoms with E-state index >= 15 is 0 Å². The van der Waals surface area contributed by atoms with Gasteiger partial charge in [0.2, 0.25) is 5.91 Å². The van der Waals surface area contributed by atoms with Gasteiger partial charge in [0.05, 0.1) is 6.04 Å². The Bertz CT molecular complexity index is 436. The second-order valence-corrected chi connectivity index (χ2v) is 5.84. The predicted molar refractivity (Wildman–Crippen MR) is 85.2 cm³/mol. The fourth-order valence-corrected chi connectivity index (χ4v) is 2.76. The minimum Gasteiger partial charge on any atom is -0.349 e. The second-order valence-electron chi connectivity index (χ2n) is 5.41. The summed E-state index contributed by atoms with van der Waals surface area (Å²) in [6, 6.07) is 7.75. The smallest absolute Gasteiger partial charge is 0.223 e. The van der Waals surface area contributed by atoms with Gasteiger partial charge in [0, 0.05) is 17.0 Å². The molecule has 1 aromatic rings. The Hall–Kier alpha value is -0.770. The molecule has 3 atom stereocenters. The zero-order valence-corrected chi connectivity index (χ0v) is 13.2. The van der Waals surface area contributed by atoms with Crippen LogP contribution in [0, 0.1) is 5.92 Å². The number of amides is 1. The van der Waals surface area contributed by atoms with Crippen molar-refractivity contribution in [1.82, 2.24) is 5.32 Å². The van der Waals surface area contributed by atoms with Crippen molar-refractivity contribution in [1.29, 1.82) is 0 Å². The summed E-state index contributed by atoms with van der Waals surface area (Å²) < 4.78 is 0. The molecule has 3 unspecified atom stereocenters. The van der Waals surface area contributed by atoms with Gasteiger partial charge in [-0.2, -0.15) is 0 Å². The van der Waals surface area contributed by atoms with E-state index in [-0.39, 0.29) is 36.3 Å². The van der Waals surface area contributed by atoms with Gasteiger partial charge in [0.15, 0.2) is 0 Å². The Morgan fingerprint density at radius 1 is 1.35 bits per heavy atom. The number of rotatable bonds is 3. The Labute approximate surface area is 131 Å². The van der Waals surface area contributed by atoms with E-state index in [1.165, 1.54) is 0 Å². The number of nitrogens with two attached hydrogens (primary N) is 1. The maximum absolute atomic E-state index is 12.2. The molecule has 1 aliphatic carbocycles. The first kappa shape index (κ1) is 17.3. The highest BCUT2D eigenvalue weighted by Gasteiger charge is 2.26. The van der Waals surface area contributed by atoms with Crippen molar-refractivity contribution in [3.63, 3.8) is 0 Å². The van der Waals surface area contributed by atoms with Gasteiger partial charge in [0.25, 0.3) is 0 Å². The maximum atomic E-state index is 12.2. The molecule has 1 aromatic carbocycles. The Kier molecular flexibility index (Phi) is 6.80. The van der Waals surface area contributed by atoms with E-state index in [1.807, 2.05) is 31.2 Å². The zero-order valence-electron chi connectivity index (χ0n) is 11.6. The number of carbonyl (C=O) groups is 1. The molecule has 0 radical (unpaired) electrons. The van der Waals surface area contributed by atoms with Crippen molar-refractivity contribution >= 4 is 29.9 Å². The summed E-state index contributed by atoms with van der Waals surface area (Å²) in [4.78, 5) is 12.2. The van der Waals surface area contributed by atoms with Crippen LogP contribution in [0.2, 0.25) is 5.02 Å². The molecular formula is C15H22Cl2N2O. The van der Waals surface area contributed by atoms with E-state index < -0.39 is 0 Å². The average molecular weight is 317 g/mol. The van der Waals surface area contributed by atoms with Gasteiger partial charge in [-0.15, -0.1) is 12.4 Å². The van der Waals surface area contributed by atoms with Crippen molar-refractivity contribution in [2.45, 2.75) is 44.7 Å². The van der Waals surface area contributed by atoms with Crippen LogP contribution < -0.4 is 11.1 Å². The molecule has 2 rings (SSSR count). The van der Waals surface area contributed by atoms with Crippen molar-refractivity contribution in [2.75, 3.05) is 0 Å². The second kappa shape index (κ2) is 7.87. The first-order valence-corrected chi connectivity index (χ1v) is 7.25. The fraction of sp³-hybridized carbons (Fsp3) is 0.533. The van der Waals surface area contributed by atoms with E-state index in [4.69, 9.17) is 17.3 Å². The summed E-state index contributed by atoms with van der Waals surface area (Å²) >= 11 is 5.86. The van der Waals surface area contributed by atoms with E-state index in [1.54, 1.807) is 0 Å². The molecule has 5 heteroatoms. The third kappa shape index (κ3) is 4.65. The molecule has 20 heavy (non-hydrogen) atoms. The SMILES string of the molecule is CC(NC(=O)C1CCCC(N)C1)c1ccc(Cl)cc1.Cl. The Balaban J connectivity index is 0.00000200. The van der Waals surface area contributed by atoms with E-state index in [0.717, 1.165) is 31.2 Å². The largest absolute Gasteiger partial charge is 0.349 e. The van der Waals surface area contributed by atoms with Gasteiger partial charge in [-0.3, -0.25) is 4.79 Å². The molecule has 112 valence electrons. The normalized spacial score (nSPS) is 23.6. The van der Waals surface area contributed by atoms with E-state index in [9.17, 15) is 4.79 Å². The molecule has 0 spiro atoms. The van der Waals surface area contributed by atoms with Crippen molar-refractivity contribution in [3.05, 3.63) is 34.9 Å². The summed E-state index contributed by atoms with van der Waals surface area (Å²) in [5, 5.41) is 3.78. The molecule has 1 fully saturated rings. The summed E-state index contributed by atoms with van der Waals surface area (Å²) in [7, 11) is 0. The quantitative estimate of drug-likeness (QED) is 0.897. The number of carbonyl (C=O) groups excluding carboxylic acids is 1. The molecule has 3 nitrogen and oxygen atoms in total. The van der Waals surface area contributed by atoms with Crippen LogP contribution in [0.25, 0.3) is 0 Å². The standard InChI is InChI=1S/C15H21ClN2O.ClH/c1-10(11-5-7-13(16)8-6-11)18-15(19)12-3-2-4-14(17)9-12;/h5-8,10,12,14H,2-4,9,17H2,1H3,(H,18,19);1H. The summed E-state index contributed by atoms with van der Waals surface area (Å²) in [5.74, 6) is 0.191. The van der Waals surface area contributed by atoms with Crippen molar-refractivity contribution < 1.29 is 4.79 Å². The number of nitrogens with one attached hydrogen (secondary N) is 1. The zero-order chi connectivity index (χ0) is 13.8. The lowest BCUT2D eigenvalue weighted by Gasteiger charge is -2.27. The van der Waals surface area contributed by atoms with Crippen molar-refractivity contribution in [2.24, 2.45) is 11.7 Å². The highest BCUT2D eigenvalue weighted by molar-refractivity contribution is 6.30. The van der Waals surface area contributed by atoms with Gasteiger partial charge < -0.3 is 11.1 Å². The fourth-order valence-electron chi connectivity index (χ4n) is 2.63.